The zero-order valence-electron chi connectivity index (χ0n) is 5.21. The maximum atomic E-state index is 10.8. The molecule has 0 spiro atoms. The molecule has 3 nitrogen and oxygen atoms in total. The maximum Gasteiger partial charge on any atom is 0.152 e. The van der Waals surface area contributed by atoms with E-state index >= 15 is 0 Å². The number of Topliss-reactive ketones (excluding diaryl/α,β-unsaturated/α-hetero) is 1. The third kappa shape index (κ3) is 1.79. The largest absolute Gasteiger partial charge is 0.298 e. The Morgan fingerprint density at radius 1 is 1.50 bits per heavy atom. The number of carbonyl (C=O) groups is 1. The third-order valence-corrected chi connectivity index (χ3v) is 4.34. The van der Waals surface area contributed by atoms with E-state index in [0.717, 1.165) is 0 Å². The first-order chi connectivity index (χ1) is 4.51. The minimum atomic E-state index is -2.93. The van der Waals surface area contributed by atoms with Crippen molar-refractivity contribution in [3.05, 3.63) is 0 Å². The van der Waals surface area contributed by atoms with E-state index in [1.807, 2.05) is 0 Å². The Morgan fingerprint density at radius 3 is 2.50 bits per heavy atom. The van der Waals surface area contributed by atoms with Crippen molar-refractivity contribution in [3.63, 3.8) is 0 Å². The Bertz CT molecular complexity index is 244. The van der Waals surface area contributed by atoms with Gasteiger partial charge in [-0.05, 0) is 0 Å². The topological polar surface area (TPSA) is 51.2 Å². The minimum absolute atomic E-state index is 0.00479. The van der Waals surface area contributed by atoms with Gasteiger partial charge in [-0.1, -0.05) is 15.9 Å². The van der Waals surface area contributed by atoms with Crippen molar-refractivity contribution in [1.29, 1.82) is 0 Å². The first-order valence-electron chi connectivity index (χ1n) is 2.88. The Labute approximate surface area is 67.8 Å². The van der Waals surface area contributed by atoms with Crippen LogP contribution in [-0.4, -0.2) is 30.5 Å². The fourth-order valence-electron chi connectivity index (χ4n) is 0.812. The molecule has 1 fully saturated rings. The summed E-state index contributed by atoms with van der Waals surface area (Å²) in [6.07, 6.45) is 0.165. The number of carbonyl (C=O) groups excluding carboxylic acids is 1. The molecule has 5 heteroatoms. The lowest BCUT2D eigenvalue weighted by molar-refractivity contribution is -0.117. The highest BCUT2D eigenvalue weighted by molar-refractivity contribution is 9.10. The second kappa shape index (κ2) is 2.62. The highest BCUT2D eigenvalue weighted by Gasteiger charge is 2.29. The summed E-state index contributed by atoms with van der Waals surface area (Å²) in [6.45, 7) is 0. The third-order valence-electron chi connectivity index (χ3n) is 1.41. The lowest BCUT2D eigenvalue weighted by Gasteiger charge is -2.14. The zero-order chi connectivity index (χ0) is 7.78. The molecule has 1 rings (SSSR count). The van der Waals surface area contributed by atoms with Crippen LogP contribution in [0.4, 0.5) is 0 Å². The fourth-order valence-corrected chi connectivity index (χ4v) is 3.56. The van der Waals surface area contributed by atoms with E-state index in [0.29, 0.717) is 0 Å². The van der Waals surface area contributed by atoms with Crippen LogP contribution in [0.2, 0.25) is 0 Å². The molecule has 0 amide bonds. The van der Waals surface area contributed by atoms with Crippen molar-refractivity contribution >= 4 is 31.6 Å². The van der Waals surface area contributed by atoms with Gasteiger partial charge in [0.1, 0.15) is 5.78 Å². The van der Waals surface area contributed by atoms with Gasteiger partial charge < -0.3 is 0 Å². The van der Waals surface area contributed by atoms with E-state index in [2.05, 4.69) is 15.9 Å². The van der Waals surface area contributed by atoms with Crippen LogP contribution in [0.1, 0.15) is 6.42 Å². The molecule has 0 aromatic rings. The van der Waals surface area contributed by atoms with Crippen LogP contribution in [-0.2, 0) is 14.6 Å². The van der Waals surface area contributed by atoms with E-state index in [1.165, 1.54) is 0 Å². The molecule has 0 bridgehead atoms. The van der Waals surface area contributed by atoms with E-state index in [1.54, 1.807) is 0 Å². The summed E-state index contributed by atoms with van der Waals surface area (Å²) in [4.78, 5) is 10.3. The van der Waals surface area contributed by atoms with Gasteiger partial charge >= 0.3 is 0 Å². The first-order valence-corrected chi connectivity index (χ1v) is 5.62. The number of ketones is 1. The standard InChI is InChI=1S/C5H7BrO3S/c6-4-3-10(8,9)2-1-5(4)7/h4H,1-3H2/t4-/m0/s1. The maximum absolute atomic E-state index is 10.8. The van der Waals surface area contributed by atoms with Gasteiger partial charge in [-0.2, -0.15) is 0 Å². The second-order valence-corrected chi connectivity index (χ2v) is 5.63. The molecule has 1 aliphatic heterocycles. The summed E-state index contributed by atoms with van der Waals surface area (Å²) in [5.74, 6) is -0.0189. The van der Waals surface area contributed by atoms with E-state index in [4.69, 9.17) is 0 Å². The molecular weight excluding hydrogens is 220 g/mol. The van der Waals surface area contributed by atoms with Crippen LogP contribution in [0.15, 0.2) is 0 Å². The number of hydrogen-bond donors (Lipinski definition) is 0. The van der Waals surface area contributed by atoms with Gasteiger partial charge in [-0.15, -0.1) is 0 Å². The SMILES string of the molecule is O=C1CCS(=O)(=O)C[C@@H]1Br. The van der Waals surface area contributed by atoms with Crippen LogP contribution in [0.25, 0.3) is 0 Å². The predicted molar refractivity (Wildman–Crippen MR) is 41.0 cm³/mol. The predicted octanol–water partition coefficient (Wildman–Crippen LogP) is 0.138. The molecule has 0 radical (unpaired) electrons. The molecule has 0 N–H and O–H groups in total. The molecule has 1 atom stereocenters. The molecular formula is C5H7BrO3S. The number of halogens is 1. The lowest BCUT2D eigenvalue weighted by Crippen LogP contribution is -2.33. The molecule has 0 aromatic carbocycles. The average Bonchev–Trinajstić information content (AvgIpc) is 1.79. The van der Waals surface area contributed by atoms with Crippen LogP contribution < -0.4 is 0 Å². The molecule has 0 saturated carbocycles. The van der Waals surface area contributed by atoms with Gasteiger partial charge in [0.25, 0.3) is 0 Å². The monoisotopic (exact) mass is 226 g/mol. The van der Waals surface area contributed by atoms with Crippen molar-refractivity contribution in [2.24, 2.45) is 0 Å². The number of hydrogen-bond acceptors (Lipinski definition) is 3. The van der Waals surface area contributed by atoms with E-state index in [9.17, 15) is 13.2 Å². The lowest BCUT2D eigenvalue weighted by atomic mass is 10.2. The van der Waals surface area contributed by atoms with Gasteiger partial charge in [0, 0.05) is 6.42 Å². The number of sulfone groups is 1. The van der Waals surface area contributed by atoms with Crippen molar-refractivity contribution in [3.8, 4) is 0 Å². The highest BCUT2D eigenvalue weighted by atomic mass is 79.9. The van der Waals surface area contributed by atoms with Gasteiger partial charge in [0.15, 0.2) is 9.84 Å². The Morgan fingerprint density at radius 2 is 2.10 bits per heavy atom. The Kier molecular flexibility index (Phi) is 2.15. The molecule has 1 heterocycles. The summed E-state index contributed by atoms with van der Waals surface area (Å²) >= 11 is 3.00. The van der Waals surface area contributed by atoms with Crippen molar-refractivity contribution < 1.29 is 13.2 Å². The highest BCUT2D eigenvalue weighted by Crippen LogP contribution is 2.14. The summed E-state index contributed by atoms with van der Waals surface area (Å²) in [5.41, 5.74) is 0. The number of alkyl halides is 1. The number of rotatable bonds is 0. The fraction of sp³-hybridized carbons (Fsp3) is 0.800. The molecule has 0 aliphatic carbocycles. The van der Waals surface area contributed by atoms with E-state index < -0.39 is 14.7 Å². The average molecular weight is 227 g/mol. The van der Waals surface area contributed by atoms with Crippen LogP contribution in [0, 0.1) is 0 Å². The molecule has 0 unspecified atom stereocenters. The second-order valence-electron chi connectivity index (χ2n) is 2.30. The van der Waals surface area contributed by atoms with Gasteiger partial charge in [-0.3, -0.25) is 4.79 Å². The van der Waals surface area contributed by atoms with Crippen LogP contribution in [0.5, 0.6) is 0 Å². The molecule has 1 saturated heterocycles. The normalized spacial score (nSPS) is 32.1. The van der Waals surface area contributed by atoms with Crippen molar-refractivity contribution in [2.75, 3.05) is 11.5 Å². The molecule has 1 aliphatic rings. The van der Waals surface area contributed by atoms with Crippen molar-refractivity contribution in [2.45, 2.75) is 11.2 Å². The zero-order valence-corrected chi connectivity index (χ0v) is 7.61. The summed E-state index contributed by atoms with van der Waals surface area (Å²) in [7, 11) is -2.93. The molecule has 58 valence electrons. The quantitative estimate of drug-likeness (QED) is 0.553. The summed E-state index contributed by atoms with van der Waals surface area (Å²) in [6, 6.07) is 0. The Balaban J connectivity index is 2.76. The first kappa shape index (κ1) is 8.20. The van der Waals surface area contributed by atoms with Crippen molar-refractivity contribution in [1.82, 2.24) is 0 Å². The summed E-state index contributed by atoms with van der Waals surface area (Å²) in [5, 5.41) is 0. The van der Waals surface area contributed by atoms with Gasteiger partial charge in [0.05, 0.1) is 16.3 Å². The molecule has 10 heavy (non-hydrogen) atoms. The van der Waals surface area contributed by atoms with E-state index in [-0.39, 0.29) is 23.7 Å². The van der Waals surface area contributed by atoms with Gasteiger partial charge in [0.2, 0.25) is 0 Å². The minimum Gasteiger partial charge on any atom is -0.298 e. The van der Waals surface area contributed by atoms with Crippen LogP contribution >= 0.6 is 15.9 Å². The van der Waals surface area contributed by atoms with Gasteiger partial charge in [-0.25, -0.2) is 8.42 Å². The Hall–Kier alpha value is 0.1000. The van der Waals surface area contributed by atoms with Crippen LogP contribution in [0.3, 0.4) is 0 Å². The molecule has 0 aromatic heterocycles. The summed E-state index contributed by atoms with van der Waals surface area (Å²) < 4.78 is 21.6. The smallest absolute Gasteiger partial charge is 0.152 e.